The van der Waals surface area contributed by atoms with E-state index in [2.05, 4.69) is 16.7 Å². The highest BCUT2D eigenvalue weighted by Gasteiger charge is 2.35. The lowest BCUT2D eigenvalue weighted by atomic mass is 10.0. The van der Waals surface area contributed by atoms with E-state index in [1.165, 1.54) is 12.8 Å². The van der Waals surface area contributed by atoms with E-state index in [-0.39, 0.29) is 5.92 Å². The molecule has 0 radical (unpaired) electrons. The Labute approximate surface area is 104 Å². The topological polar surface area (TPSA) is 49.6 Å². The Balaban J connectivity index is 1.72. The molecule has 2 N–H and O–H groups in total. The summed E-state index contributed by atoms with van der Waals surface area (Å²) in [6, 6.07) is 0. The number of hydrogen-bond donors (Lipinski definition) is 1. The van der Waals surface area contributed by atoms with Gasteiger partial charge in [-0.2, -0.15) is 0 Å². The van der Waals surface area contributed by atoms with Crippen molar-refractivity contribution in [3.05, 3.63) is 0 Å². The van der Waals surface area contributed by atoms with Gasteiger partial charge < -0.3 is 10.6 Å². The van der Waals surface area contributed by atoms with Crippen molar-refractivity contribution in [2.45, 2.75) is 26.2 Å². The molecular formula is C13H25N3O. The third kappa shape index (κ3) is 3.42. The fourth-order valence-electron chi connectivity index (χ4n) is 2.59. The van der Waals surface area contributed by atoms with Gasteiger partial charge >= 0.3 is 0 Å². The Hall–Kier alpha value is -0.610. The molecule has 2 fully saturated rings. The third-order valence-corrected chi connectivity index (χ3v) is 4.08. The summed E-state index contributed by atoms with van der Waals surface area (Å²) in [6.45, 7) is 7.78. The molecule has 0 spiro atoms. The molecule has 0 aromatic carbocycles. The minimum atomic E-state index is 0.255. The van der Waals surface area contributed by atoms with E-state index in [9.17, 15) is 4.79 Å². The molecule has 2 rings (SSSR count). The second-order valence-electron chi connectivity index (χ2n) is 5.44. The van der Waals surface area contributed by atoms with Gasteiger partial charge in [0.05, 0.1) is 0 Å². The van der Waals surface area contributed by atoms with Crippen LogP contribution in [0.3, 0.4) is 0 Å². The monoisotopic (exact) mass is 239 g/mol. The highest BCUT2D eigenvalue weighted by molar-refractivity contribution is 5.79. The van der Waals surface area contributed by atoms with Gasteiger partial charge in [0.25, 0.3) is 0 Å². The average Bonchev–Trinajstić information content (AvgIpc) is 3.19. The first-order valence-electron chi connectivity index (χ1n) is 6.93. The summed E-state index contributed by atoms with van der Waals surface area (Å²) in [6.07, 6.45) is 3.57. The smallest absolute Gasteiger partial charge is 0.225 e. The highest BCUT2D eigenvalue weighted by Crippen LogP contribution is 2.37. The molecule has 1 unspecified atom stereocenters. The summed E-state index contributed by atoms with van der Waals surface area (Å²) < 4.78 is 0. The standard InChI is InChI=1S/C13H25N3O/c1-11(12-3-4-12)13(17)16-9-7-15(8-10-16)6-2-5-14/h11-12H,2-10,14H2,1H3. The lowest BCUT2D eigenvalue weighted by molar-refractivity contribution is -0.137. The zero-order valence-electron chi connectivity index (χ0n) is 10.9. The summed E-state index contributed by atoms with van der Waals surface area (Å²) in [4.78, 5) is 16.7. The quantitative estimate of drug-likeness (QED) is 0.761. The van der Waals surface area contributed by atoms with E-state index >= 15 is 0 Å². The fraction of sp³-hybridized carbons (Fsp3) is 0.923. The van der Waals surface area contributed by atoms with Gasteiger partial charge in [0.15, 0.2) is 0 Å². The maximum Gasteiger partial charge on any atom is 0.225 e. The van der Waals surface area contributed by atoms with Crippen LogP contribution in [0.25, 0.3) is 0 Å². The normalized spacial score (nSPS) is 23.8. The van der Waals surface area contributed by atoms with Crippen molar-refractivity contribution < 1.29 is 4.79 Å². The molecule has 1 aliphatic heterocycles. The number of carbonyl (C=O) groups is 1. The summed E-state index contributed by atoms with van der Waals surface area (Å²) in [5, 5.41) is 0. The number of carbonyl (C=O) groups excluding carboxylic acids is 1. The van der Waals surface area contributed by atoms with Crippen LogP contribution in [0.2, 0.25) is 0 Å². The van der Waals surface area contributed by atoms with Gasteiger partial charge in [-0.15, -0.1) is 0 Å². The number of nitrogens with zero attached hydrogens (tertiary/aromatic N) is 2. The zero-order chi connectivity index (χ0) is 12.3. The lowest BCUT2D eigenvalue weighted by Gasteiger charge is -2.36. The minimum absolute atomic E-state index is 0.255. The Kier molecular flexibility index (Phi) is 4.40. The highest BCUT2D eigenvalue weighted by atomic mass is 16.2. The molecule has 1 atom stereocenters. The summed E-state index contributed by atoms with van der Waals surface area (Å²) in [5.41, 5.74) is 5.51. The maximum atomic E-state index is 12.2. The van der Waals surface area contributed by atoms with Gasteiger partial charge in [-0.25, -0.2) is 0 Å². The van der Waals surface area contributed by atoms with Gasteiger partial charge in [0, 0.05) is 32.1 Å². The van der Waals surface area contributed by atoms with Crippen LogP contribution in [-0.2, 0) is 4.79 Å². The maximum absolute atomic E-state index is 12.2. The molecule has 2 aliphatic rings. The molecule has 1 saturated carbocycles. The molecule has 0 aromatic rings. The van der Waals surface area contributed by atoms with Crippen LogP contribution in [0.1, 0.15) is 26.2 Å². The van der Waals surface area contributed by atoms with Crippen molar-refractivity contribution in [1.29, 1.82) is 0 Å². The largest absolute Gasteiger partial charge is 0.340 e. The second-order valence-corrected chi connectivity index (χ2v) is 5.44. The van der Waals surface area contributed by atoms with Crippen molar-refractivity contribution in [2.75, 3.05) is 39.3 Å². The number of nitrogens with two attached hydrogens (primary N) is 1. The predicted octanol–water partition coefficient (Wildman–Crippen LogP) is 0.526. The van der Waals surface area contributed by atoms with E-state index in [0.717, 1.165) is 45.7 Å². The Morgan fingerprint density at radius 3 is 2.47 bits per heavy atom. The van der Waals surface area contributed by atoms with E-state index in [0.29, 0.717) is 11.8 Å². The second kappa shape index (κ2) is 5.83. The zero-order valence-corrected chi connectivity index (χ0v) is 10.9. The van der Waals surface area contributed by atoms with Crippen LogP contribution in [0, 0.1) is 11.8 Å². The van der Waals surface area contributed by atoms with Crippen LogP contribution in [0.5, 0.6) is 0 Å². The average molecular weight is 239 g/mol. The Morgan fingerprint density at radius 1 is 1.29 bits per heavy atom. The van der Waals surface area contributed by atoms with Crippen LogP contribution in [-0.4, -0.2) is 55.0 Å². The molecule has 1 aliphatic carbocycles. The van der Waals surface area contributed by atoms with Gasteiger partial charge in [-0.05, 0) is 38.3 Å². The van der Waals surface area contributed by atoms with Crippen LogP contribution in [0.15, 0.2) is 0 Å². The minimum Gasteiger partial charge on any atom is -0.340 e. The number of amides is 1. The van der Waals surface area contributed by atoms with Crippen molar-refractivity contribution in [1.82, 2.24) is 9.80 Å². The SMILES string of the molecule is CC(C(=O)N1CCN(CCCN)CC1)C1CC1. The van der Waals surface area contributed by atoms with Crippen molar-refractivity contribution in [3.63, 3.8) is 0 Å². The molecule has 4 nitrogen and oxygen atoms in total. The van der Waals surface area contributed by atoms with Crippen LogP contribution in [0.4, 0.5) is 0 Å². The lowest BCUT2D eigenvalue weighted by Crippen LogP contribution is -2.50. The fourth-order valence-corrected chi connectivity index (χ4v) is 2.59. The Bertz CT molecular complexity index is 257. The van der Waals surface area contributed by atoms with Gasteiger partial charge in [0.1, 0.15) is 0 Å². The van der Waals surface area contributed by atoms with E-state index in [1.54, 1.807) is 0 Å². The molecule has 1 saturated heterocycles. The molecule has 1 heterocycles. The number of hydrogen-bond acceptors (Lipinski definition) is 3. The van der Waals surface area contributed by atoms with E-state index in [4.69, 9.17) is 5.73 Å². The molecule has 1 amide bonds. The first kappa shape index (κ1) is 12.8. The number of piperazine rings is 1. The van der Waals surface area contributed by atoms with Crippen molar-refractivity contribution in [2.24, 2.45) is 17.6 Å². The van der Waals surface area contributed by atoms with Gasteiger partial charge in [0.2, 0.25) is 5.91 Å². The molecule has 0 aromatic heterocycles. The predicted molar refractivity (Wildman–Crippen MR) is 68.6 cm³/mol. The molecule has 17 heavy (non-hydrogen) atoms. The molecule has 0 bridgehead atoms. The van der Waals surface area contributed by atoms with E-state index in [1.807, 2.05) is 0 Å². The molecular weight excluding hydrogens is 214 g/mol. The molecule has 98 valence electrons. The van der Waals surface area contributed by atoms with Gasteiger partial charge in [-0.3, -0.25) is 9.69 Å². The summed E-state index contributed by atoms with van der Waals surface area (Å²) in [7, 11) is 0. The number of rotatable bonds is 5. The van der Waals surface area contributed by atoms with Crippen LogP contribution >= 0.6 is 0 Å². The van der Waals surface area contributed by atoms with Crippen LogP contribution < -0.4 is 5.73 Å². The summed E-state index contributed by atoms with van der Waals surface area (Å²) >= 11 is 0. The van der Waals surface area contributed by atoms with Crippen molar-refractivity contribution in [3.8, 4) is 0 Å². The van der Waals surface area contributed by atoms with E-state index < -0.39 is 0 Å². The Morgan fingerprint density at radius 2 is 1.94 bits per heavy atom. The van der Waals surface area contributed by atoms with Gasteiger partial charge in [-0.1, -0.05) is 6.92 Å². The van der Waals surface area contributed by atoms with Crippen molar-refractivity contribution >= 4 is 5.91 Å². The first-order valence-corrected chi connectivity index (χ1v) is 6.93. The summed E-state index contributed by atoms with van der Waals surface area (Å²) in [5.74, 6) is 1.31. The molecule has 4 heteroatoms. The third-order valence-electron chi connectivity index (χ3n) is 4.08. The first-order chi connectivity index (χ1) is 8.22.